The Kier molecular flexibility index (Phi) is 4.93. The summed E-state index contributed by atoms with van der Waals surface area (Å²) in [5.41, 5.74) is 3.14. The van der Waals surface area contributed by atoms with Gasteiger partial charge in [0.15, 0.2) is 0 Å². The number of aryl methyl sites for hydroxylation is 2. The third kappa shape index (κ3) is 3.84. The molecule has 7 heteroatoms. The number of H-pyrrole nitrogens is 1. The van der Waals surface area contributed by atoms with E-state index < -0.39 is 15.8 Å². The van der Waals surface area contributed by atoms with E-state index in [1.807, 2.05) is 26.0 Å². The van der Waals surface area contributed by atoms with Crippen LogP contribution in [-0.2, 0) is 16.4 Å². The van der Waals surface area contributed by atoms with Crippen molar-refractivity contribution in [2.75, 3.05) is 6.54 Å². The van der Waals surface area contributed by atoms with Crippen LogP contribution in [0.25, 0.3) is 10.9 Å². The van der Waals surface area contributed by atoms with E-state index in [2.05, 4.69) is 9.71 Å². The minimum atomic E-state index is -3.74. The smallest absolute Gasteiger partial charge is 0.251 e. The first-order valence-corrected chi connectivity index (χ1v) is 9.63. The highest BCUT2D eigenvalue weighted by Gasteiger charge is 2.14. The Balaban J connectivity index is 1.78. The third-order valence-corrected chi connectivity index (χ3v) is 5.66. The summed E-state index contributed by atoms with van der Waals surface area (Å²) < 4.78 is 39.8. The summed E-state index contributed by atoms with van der Waals surface area (Å²) in [6.07, 6.45) is 0.249. The minimum Gasteiger partial charge on any atom is -0.321 e. The maximum Gasteiger partial charge on any atom is 0.251 e. The van der Waals surface area contributed by atoms with Crippen molar-refractivity contribution in [1.82, 2.24) is 9.71 Å². The molecule has 0 spiro atoms. The Labute approximate surface area is 150 Å². The van der Waals surface area contributed by atoms with Crippen LogP contribution in [0.5, 0.6) is 0 Å². The van der Waals surface area contributed by atoms with Crippen molar-refractivity contribution in [3.63, 3.8) is 0 Å². The molecule has 0 radical (unpaired) electrons. The molecule has 0 atom stereocenters. The van der Waals surface area contributed by atoms with Gasteiger partial charge in [-0.15, -0.1) is 0 Å². The molecule has 1 heterocycles. The van der Waals surface area contributed by atoms with E-state index in [1.54, 1.807) is 6.07 Å². The molecular weight excluding hydrogens is 355 g/mol. The largest absolute Gasteiger partial charge is 0.321 e. The predicted molar refractivity (Wildman–Crippen MR) is 99.3 cm³/mol. The number of halogens is 1. The SMILES string of the molecule is Cc1cc(C)c2[nH]c(=O)c(CCNS(=O)(=O)c3ccc(F)cc3)cc2c1. The van der Waals surface area contributed by atoms with Gasteiger partial charge >= 0.3 is 0 Å². The Morgan fingerprint density at radius 1 is 1.08 bits per heavy atom. The fraction of sp³-hybridized carbons (Fsp3) is 0.211. The van der Waals surface area contributed by atoms with E-state index in [-0.39, 0.29) is 23.4 Å². The standard InChI is InChI=1S/C19H19FN2O3S/c1-12-9-13(2)18-15(10-12)11-14(19(23)22-18)7-8-21-26(24,25)17-5-3-16(20)4-6-17/h3-6,9-11,21H,7-8H2,1-2H3,(H,22,23). The number of sulfonamides is 1. The van der Waals surface area contributed by atoms with Crippen LogP contribution in [0.3, 0.4) is 0 Å². The maximum absolute atomic E-state index is 12.9. The lowest BCUT2D eigenvalue weighted by atomic mass is 10.0. The van der Waals surface area contributed by atoms with Crippen LogP contribution in [0.1, 0.15) is 16.7 Å². The zero-order valence-electron chi connectivity index (χ0n) is 14.5. The van der Waals surface area contributed by atoms with Crippen LogP contribution in [0.15, 0.2) is 52.2 Å². The van der Waals surface area contributed by atoms with Crippen molar-refractivity contribution in [2.45, 2.75) is 25.2 Å². The Bertz CT molecular complexity index is 1120. The summed E-state index contributed by atoms with van der Waals surface area (Å²) in [5.74, 6) is -0.503. The molecule has 0 aliphatic carbocycles. The second kappa shape index (κ2) is 7.01. The number of rotatable bonds is 5. The van der Waals surface area contributed by atoms with Crippen molar-refractivity contribution in [3.8, 4) is 0 Å². The Morgan fingerprint density at radius 2 is 1.77 bits per heavy atom. The first-order valence-electron chi connectivity index (χ1n) is 8.15. The van der Waals surface area contributed by atoms with Gasteiger partial charge in [0.05, 0.1) is 10.4 Å². The molecule has 26 heavy (non-hydrogen) atoms. The topological polar surface area (TPSA) is 79.0 Å². The van der Waals surface area contributed by atoms with Gasteiger partial charge in [-0.2, -0.15) is 0 Å². The number of hydrogen-bond acceptors (Lipinski definition) is 3. The molecule has 0 fully saturated rings. The first kappa shape index (κ1) is 18.3. The average Bonchev–Trinajstić information content (AvgIpc) is 2.56. The van der Waals surface area contributed by atoms with Gasteiger partial charge in [-0.05, 0) is 67.6 Å². The minimum absolute atomic E-state index is 0.0161. The van der Waals surface area contributed by atoms with E-state index in [4.69, 9.17) is 0 Å². The number of pyridine rings is 1. The van der Waals surface area contributed by atoms with Gasteiger partial charge in [0.25, 0.3) is 5.56 Å². The molecule has 136 valence electrons. The molecule has 0 amide bonds. The lowest BCUT2D eigenvalue weighted by molar-refractivity contribution is 0.580. The second-order valence-corrected chi connectivity index (χ2v) is 8.04. The molecular formula is C19H19FN2O3S. The van der Waals surface area contributed by atoms with Gasteiger partial charge in [-0.3, -0.25) is 4.79 Å². The fourth-order valence-corrected chi connectivity index (χ4v) is 3.97. The number of aromatic nitrogens is 1. The van der Waals surface area contributed by atoms with Crippen LogP contribution >= 0.6 is 0 Å². The Hall–Kier alpha value is -2.51. The monoisotopic (exact) mass is 374 g/mol. The van der Waals surface area contributed by atoms with E-state index >= 15 is 0 Å². The third-order valence-electron chi connectivity index (χ3n) is 4.18. The molecule has 0 aliphatic heterocycles. The lowest BCUT2D eigenvalue weighted by Crippen LogP contribution is -2.27. The fourth-order valence-electron chi connectivity index (χ4n) is 2.93. The van der Waals surface area contributed by atoms with Crippen LogP contribution in [-0.4, -0.2) is 19.9 Å². The van der Waals surface area contributed by atoms with Gasteiger partial charge in [-0.1, -0.05) is 11.6 Å². The number of hydrogen-bond donors (Lipinski definition) is 2. The first-order chi connectivity index (χ1) is 12.3. The van der Waals surface area contributed by atoms with Crippen molar-refractivity contribution in [1.29, 1.82) is 0 Å². The van der Waals surface area contributed by atoms with Gasteiger partial charge < -0.3 is 4.98 Å². The molecule has 0 aliphatic rings. The molecule has 2 aromatic carbocycles. The van der Waals surface area contributed by atoms with Crippen molar-refractivity contribution in [2.24, 2.45) is 0 Å². The summed E-state index contributed by atoms with van der Waals surface area (Å²) >= 11 is 0. The normalized spacial score (nSPS) is 11.8. The highest BCUT2D eigenvalue weighted by molar-refractivity contribution is 7.89. The zero-order valence-corrected chi connectivity index (χ0v) is 15.3. The Morgan fingerprint density at radius 3 is 2.46 bits per heavy atom. The number of fused-ring (bicyclic) bond motifs is 1. The summed E-state index contributed by atoms with van der Waals surface area (Å²) in [4.78, 5) is 15.1. The highest BCUT2D eigenvalue weighted by atomic mass is 32.2. The van der Waals surface area contributed by atoms with Crippen LogP contribution < -0.4 is 10.3 Å². The maximum atomic E-state index is 12.9. The molecule has 3 rings (SSSR count). The molecule has 0 unspecified atom stereocenters. The van der Waals surface area contributed by atoms with Gasteiger partial charge in [0.2, 0.25) is 10.0 Å². The average molecular weight is 374 g/mol. The van der Waals surface area contributed by atoms with Gasteiger partial charge in [0.1, 0.15) is 5.82 Å². The van der Waals surface area contributed by atoms with Crippen LogP contribution in [0, 0.1) is 19.7 Å². The number of benzene rings is 2. The molecule has 0 saturated heterocycles. The molecule has 5 nitrogen and oxygen atoms in total. The molecule has 0 saturated carbocycles. The summed E-state index contributed by atoms with van der Waals surface area (Å²) in [7, 11) is -3.74. The molecule has 2 N–H and O–H groups in total. The summed E-state index contributed by atoms with van der Waals surface area (Å²) in [5, 5.41) is 0.915. The van der Waals surface area contributed by atoms with Crippen molar-refractivity contribution in [3.05, 3.63) is 75.3 Å². The summed E-state index contributed by atoms with van der Waals surface area (Å²) in [6.45, 7) is 3.98. The lowest BCUT2D eigenvalue weighted by Gasteiger charge is -2.09. The molecule has 0 bridgehead atoms. The van der Waals surface area contributed by atoms with E-state index in [0.717, 1.165) is 34.2 Å². The van der Waals surface area contributed by atoms with Crippen molar-refractivity contribution >= 4 is 20.9 Å². The van der Waals surface area contributed by atoms with Crippen molar-refractivity contribution < 1.29 is 12.8 Å². The summed E-state index contributed by atoms with van der Waals surface area (Å²) in [6, 6.07) is 10.3. The van der Waals surface area contributed by atoms with Crippen LogP contribution in [0.2, 0.25) is 0 Å². The van der Waals surface area contributed by atoms with E-state index in [9.17, 15) is 17.6 Å². The molecule has 1 aromatic heterocycles. The predicted octanol–water partition coefficient (Wildman–Crippen LogP) is 2.81. The molecule has 3 aromatic rings. The quantitative estimate of drug-likeness (QED) is 0.721. The van der Waals surface area contributed by atoms with Gasteiger partial charge in [-0.25, -0.2) is 17.5 Å². The zero-order chi connectivity index (χ0) is 18.9. The van der Waals surface area contributed by atoms with E-state index in [1.165, 1.54) is 12.1 Å². The second-order valence-electron chi connectivity index (χ2n) is 6.27. The highest BCUT2D eigenvalue weighted by Crippen LogP contribution is 2.18. The van der Waals surface area contributed by atoms with Crippen LogP contribution in [0.4, 0.5) is 4.39 Å². The number of aromatic amines is 1. The van der Waals surface area contributed by atoms with E-state index in [0.29, 0.717) is 5.56 Å². The van der Waals surface area contributed by atoms with Gasteiger partial charge in [0, 0.05) is 12.1 Å². The number of nitrogens with one attached hydrogen (secondary N) is 2.